The Bertz CT molecular complexity index is 915. The van der Waals surface area contributed by atoms with E-state index in [-0.39, 0.29) is 29.6 Å². The summed E-state index contributed by atoms with van der Waals surface area (Å²) in [5.74, 6) is 0.870. The highest BCUT2D eigenvalue weighted by molar-refractivity contribution is 5.85. The van der Waals surface area contributed by atoms with E-state index in [1.165, 1.54) is 19.3 Å². The number of nitrogens with one attached hydrogen (secondary N) is 2. The summed E-state index contributed by atoms with van der Waals surface area (Å²) in [4.78, 5) is 31.0. The summed E-state index contributed by atoms with van der Waals surface area (Å²) in [6.45, 7) is 3.35. The van der Waals surface area contributed by atoms with Crippen molar-refractivity contribution >= 4 is 29.3 Å². The van der Waals surface area contributed by atoms with Crippen molar-refractivity contribution in [2.75, 3.05) is 26.2 Å². The third-order valence-electron chi connectivity index (χ3n) is 7.20. The lowest BCUT2D eigenvalue weighted by Crippen LogP contribution is -2.52. The molecule has 152 valence electrons. The van der Waals surface area contributed by atoms with Gasteiger partial charge in [0.05, 0.1) is 16.4 Å². The highest BCUT2D eigenvalue weighted by Gasteiger charge is 2.51. The summed E-state index contributed by atoms with van der Waals surface area (Å²) in [5, 5.41) is 3.49. The van der Waals surface area contributed by atoms with E-state index in [0.717, 1.165) is 56.5 Å². The minimum Gasteiger partial charge on any atom is -0.342 e. The zero-order valence-electron chi connectivity index (χ0n) is 16.2. The van der Waals surface area contributed by atoms with Crippen LogP contribution >= 0.6 is 12.4 Å². The fourth-order valence-electron chi connectivity index (χ4n) is 5.75. The smallest absolute Gasteiger partial charge is 0.326 e. The van der Waals surface area contributed by atoms with Crippen molar-refractivity contribution in [1.29, 1.82) is 0 Å². The van der Waals surface area contributed by atoms with Crippen LogP contribution in [0.2, 0.25) is 0 Å². The fraction of sp³-hybridized carbons (Fsp3) is 0.619. The molecule has 1 aliphatic carbocycles. The van der Waals surface area contributed by atoms with Crippen LogP contribution in [0.4, 0.5) is 0 Å². The van der Waals surface area contributed by atoms with Crippen molar-refractivity contribution in [2.45, 2.75) is 44.6 Å². The molecule has 2 atom stereocenters. The molecule has 2 saturated heterocycles. The van der Waals surface area contributed by atoms with Gasteiger partial charge in [-0.1, -0.05) is 25.0 Å². The standard InChI is InChI=1S/C21H28N4O2.ClH/c26-19(21-10-4-3-5-15(21)13-22-14-21)24-11-8-16(9-12-24)25-18-7-2-1-6-17(18)23-20(25)27;/h1-2,6-7,15-16,22H,3-5,8-14H2,(H,23,27);1H/t15-,21+;/m0./s1. The minimum atomic E-state index is -0.164. The van der Waals surface area contributed by atoms with Crippen LogP contribution in [0.5, 0.6) is 0 Å². The number of halogens is 1. The van der Waals surface area contributed by atoms with Gasteiger partial charge in [-0.05, 0) is 50.3 Å². The third kappa shape index (κ3) is 2.98. The van der Waals surface area contributed by atoms with Gasteiger partial charge in [0.2, 0.25) is 5.91 Å². The van der Waals surface area contributed by atoms with Crippen LogP contribution in [0.3, 0.4) is 0 Å². The molecular weight excluding hydrogens is 376 g/mol. The van der Waals surface area contributed by atoms with Crippen molar-refractivity contribution in [3.05, 3.63) is 34.7 Å². The van der Waals surface area contributed by atoms with Gasteiger partial charge < -0.3 is 15.2 Å². The van der Waals surface area contributed by atoms with Crippen LogP contribution in [0.25, 0.3) is 11.0 Å². The summed E-state index contributed by atoms with van der Waals surface area (Å²) in [6, 6.07) is 8.03. The second kappa shape index (κ2) is 7.56. The van der Waals surface area contributed by atoms with Crippen LogP contribution in [0.15, 0.2) is 29.1 Å². The van der Waals surface area contributed by atoms with Crippen molar-refractivity contribution < 1.29 is 4.79 Å². The quantitative estimate of drug-likeness (QED) is 0.808. The summed E-state index contributed by atoms with van der Waals surface area (Å²) in [7, 11) is 0. The number of imidazole rings is 1. The Morgan fingerprint density at radius 2 is 1.89 bits per heavy atom. The number of aromatic amines is 1. The van der Waals surface area contributed by atoms with E-state index >= 15 is 0 Å². The average Bonchev–Trinajstić information content (AvgIpc) is 3.28. The Morgan fingerprint density at radius 1 is 1.11 bits per heavy atom. The van der Waals surface area contributed by atoms with E-state index in [4.69, 9.17) is 0 Å². The zero-order valence-corrected chi connectivity index (χ0v) is 17.0. The van der Waals surface area contributed by atoms with Gasteiger partial charge in [-0.25, -0.2) is 4.79 Å². The second-order valence-corrected chi connectivity index (χ2v) is 8.57. The number of nitrogens with zero attached hydrogens (tertiary/aromatic N) is 2. The van der Waals surface area contributed by atoms with Gasteiger partial charge in [0.1, 0.15) is 0 Å². The molecule has 3 fully saturated rings. The number of hydrogen-bond acceptors (Lipinski definition) is 3. The summed E-state index contributed by atoms with van der Waals surface area (Å²) in [6.07, 6.45) is 6.34. The van der Waals surface area contributed by atoms with Crippen molar-refractivity contribution in [3.8, 4) is 0 Å². The van der Waals surface area contributed by atoms with Gasteiger partial charge in [-0.15, -0.1) is 12.4 Å². The number of carbonyl (C=O) groups is 1. The van der Waals surface area contributed by atoms with Gasteiger partial charge >= 0.3 is 5.69 Å². The average molecular weight is 405 g/mol. The number of benzene rings is 1. The van der Waals surface area contributed by atoms with Gasteiger partial charge in [-0.3, -0.25) is 9.36 Å². The molecule has 28 heavy (non-hydrogen) atoms. The largest absolute Gasteiger partial charge is 0.342 e. The molecule has 2 N–H and O–H groups in total. The lowest BCUT2D eigenvalue weighted by molar-refractivity contribution is -0.146. The van der Waals surface area contributed by atoms with Gasteiger partial charge in [0, 0.05) is 25.7 Å². The molecule has 1 saturated carbocycles. The maximum atomic E-state index is 13.4. The molecule has 7 heteroatoms. The van der Waals surface area contributed by atoms with E-state index in [1.807, 2.05) is 28.8 Å². The normalized spacial score (nSPS) is 28.1. The number of para-hydroxylation sites is 2. The minimum absolute atomic E-state index is 0. The number of piperidine rings is 1. The van der Waals surface area contributed by atoms with Crippen molar-refractivity contribution in [3.63, 3.8) is 0 Å². The molecule has 3 aliphatic rings. The number of rotatable bonds is 2. The number of amides is 1. The number of likely N-dealkylation sites (tertiary alicyclic amines) is 1. The molecule has 5 rings (SSSR count). The van der Waals surface area contributed by atoms with E-state index < -0.39 is 0 Å². The van der Waals surface area contributed by atoms with E-state index in [1.54, 1.807) is 0 Å². The maximum absolute atomic E-state index is 13.4. The van der Waals surface area contributed by atoms with Gasteiger partial charge in [0.25, 0.3) is 0 Å². The molecule has 2 aromatic rings. The lowest BCUT2D eigenvalue weighted by Gasteiger charge is -2.43. The molecule has 1 aromatic carbocycles. The fourth-order valence-corrected chi connectivity index (χ4v) is 5.75. The first-order chi connectivity index (χ1) is 13.2. The number of fused-ring (bicyclic) bond motifs is 2. The molecular formula is C21H29ClN4O2. The first kappa shape index (κ1) is 19.5. The number of hydrogen-bond donors (Lipinski definition) is 2. The molecule has 0 radical (unpaired) electrons. The first-order valence-electron chi connectivity index (χ1n) is 10.4. The van der Waals surface area contributed by atoms with Crippen molar-refractivity contribution in [1.82, 2.24) is 19.8 Å². The Labute approximate surface area is 171 Å². The molecule has 0 unspecified atom stereocenters. The summed E-state index contributed by atoms with van der Waals surface area (Å²) in [5.41, 5.74) is 1.66. The Kier molecular flexibility index (Phi) is 5.27. The first-order valence-corrected chi connectivity index (χ1v) is 10.4. The maximum Gasteiger partial charge on any atom is 0.326 e. The molecule has 2 aliphatic heterocycles. The molecule has 3 heterocycles. The van der Waals surface area contributed by atoms with E-state index in [0.29, 0.717) is 11.8 Å². The Hall–Kier alpha value is -1.79. The molecule has 0 bridgehead atoms. The van der Waals surface area contributed by atoms with Crippen LogP contribution in [-0.4, -0.2) is 46.5 Å². The highest BCUT2D eigenvalue weighted by atomic mass is 35.5. The summed E-state index contributed by atoms with van der Waals surface area (Å²) >= 11 is 0. The van der Waals surface area contributed by atoms with E-state index in [9.17, 15) is 9.59 Å². The SMILES string of the molecule is Cl.O=C(N1CCC(n2c(=O)[nH]c3ccccc32)CC1)[C@@]12CCCC[C@H]1CNC2. The van der Waals surface area contributed by atoms with Crippen LogP contribution < -0.4 is 11.0 Å². The molecule has 0 spiro atoms. The number of H-pyrrole nitrogens is 1. The molecule has 6 nitrogen and oxygen atoms in total. The summed E-state index contributed by atoms with van der Waals surface area (Å²) < 4.78 is 1.90. The van der Waals surface area contributed by atoms with Gasteiger partial charge in [0.15, 0.2) is 0 Å². The highest BCUT2D eigenvalue weighted by Crippen LogP contribution is 2.45. The van der Waals surface area contributed by atoms with Crippen LogP contribution in [0.1, 0.15) is 44.6 Å². The predicted octanol–water partition coefficient (Wildman–Crippen LogP) is 2.69. The molecule has 1 aromatic heterocycles. The van der Waals surface area contributed by atoms with E-state index in [2.05, 4.69) is 15.2 Å². The van der Waals surface area contributed by atoms with Crippen LogP contribution in [-0.2, 0) is 4.79 Å². The van der Waals surface area contributed by atoms with Gasteiger partial charge in [-0.2, -0.15) is 0 Å². The molecule has 1 amide bonds. The monoisotopic (exact) mass is 404 g/mol. The Morgan fingerprint density at radius 3 is 2.71 bits per heavy atom. The zero-order chi connectivity index (χ0) is 18.4. The van der Waals surface area contributed by atoms with Crippen LogP contribution in [0, 0.1) is 11.3 Å². The third-order valence-corrected chi connectivity index (χ3v) is 7.20. The lowest BCUT2D eigenvalue weighted by atomic mass is 9.67. The Balaban J connectivity index is 0.00000192. The van der Waals surface area contributed by atoms with Crippen molar-refractivity contribution in [2.24, 2.45) is 11.3 Å². The number of aromatic nitrogens is 2. The predicted molar refractivity (Wildman–Crippen MR) is 112 cm³/mol. The second-order valence-electron chi connectivity index (χ2n) is 8.57. The number of carbonyl (C=O) groups excluding carboxylic acids is 1. The topological polar surface area (TPSA) is 70.1 Å².